The van der Waals surface area contributed by atoms with Gasteiger partial charge in [0.15, 0.2) is 0 Å². The first-order valence-electron chi connectivity index (χ1n) is 13.6. The number of carbonyl (C=O) groups is 3. The minimum Gasteiger partial charge on any atom is -0.444 e. The number of rotatable bonds is 6. The molecule has 1 aromatic rings. The first kappa shape index (κ1) is 26.5. The lowest BCUT2D eigenvalue weighted by Crippen LogP contribution is -2.44. The molecule has 3 amide bonds. The third-order valence-corrected chi connectivity index (χ3v) is 7.59. The summed E-state index contributed by atoms with van der Waals surface area (Å²) < 4.78 is 5.39. The molecule has 1 saturated carbocycles. The molecule has 3 N–H and O–H groups in total. The molecular weight excluding hydrogens is 456 g/mol. The molecule has 2 aliphatic heterocycles. The Balaban J connectivity index is 1.14. The lowest BCUT2D eigenvalue weighted by atomic mass is 9.85. The van der Waals surface area contributed by atoms with Gasteiger partial charge in [0.05, 0.1) is 5.92 Å². The highest BCUT2D eigenvalue weighted by atomic mass is 16.6. The molecule has 8 heteroatoms. The maximum absolute atomic E-state index is 12.1. The number of benzene rings is 1. The SMILES string of the molecule is CC(C)(C)OC(=O)NC1CCC(CN2CCC(Nc3ccc(C4CCC(=O)NC4=O)cc3)CC2)CC1. The average Bonchev–Trinajstić information content (AvgIpc) is 2.81. The molecule has 0 aromatic heterocycles. The topological polar surface area (TPSA) is 99.8 Å². The Labute approximate surface area is 214 Å². The van der Waals surface area contributed by atoms with E-state index in [0.717, 1.165) is 69.4 Å². The third-order valence-electron chi connectivity index (χ3n) is 7.59. The first-order chi connectivity index (χ1) is 17.1. The van der Waals surface area contributed by atoms with Crippen LogP contribution in [0.4, 0.5) is 10.5 Å². The number of piperidine rings is 2. The van der Waals surface area contributed by atoms with Crippen molar-refractivity contribution in [2.45, 2.75) is 95.7 Å². The Morgan fingerprint density at radius 3 is 2.25 bits per heavy atom. The van der Waals surface area contributed by atoms with Crippen molar-refractivity contribution in [2.24, 2.45) is 5.92 Å². The van der Waals surface area contributed by atoms with Crippen molar-refractivity contribution in [2.75, 3.05) is 25.0 Å². The second-order valence-electron chi connectivity index (χ2n) is 11.7. The van der Waals surface area contributed by atoms with Crippen molar-refractivity contribution >= 4 is 23.6 Å². The number of alkyl carbamates (subject to hydrolysis) is 1. The summed E-state index contributed by atoms with van der Waals surface area (Å²) in [5, 5.41) is 9.14. The maximum atomic E-state index is 12.1. The molecule has 4 rings (SSSR count). The molecule has 1 unspecified atom stereocenters. The molecule has 1 aliphatic carbocycles. The Morgan fingerprint density at radius 1 is 0.972 bits per heavy atom. The van der Waals surface area contributed by atoms with Crippen molar-refractivity contribution in [1.82, 2.24) is 15.5 Å². The first-order valence-corrected chi connectivity index (χ1v) is 13.6. The van der Waals surface area contributed by atoms with Crippen LogP contribution in [0, 0.1) is 5.92 Å². The monoisotopic (exact) mass is 498 g/mol. The number of carbonyl (C=O) groups excluding carboxylic acids is 3. The summed E-state index contributed by atoms with van der Waals surface area (Å²) in [5.41, 5.74) is 1.60. The number of nitrogens with zero attached hydrogens (tertiary/aromatic N) is 1. The molecule has 0 bridgehead atoms. The van der Waals surface area contributed by atoms with Crippen molar-refractivity contribution in [1.29, 1.82) is 0 Å². The minimum absolute atomic E-state index is 0.177. The van der Waals surface area contributed by atoms with E-state index in [4.69, 9.17) is 4.74 Å². The van der Waals surface area contributed by atoms with Crippen LogP contribution >= 0.6 is 0 Å². The summed E-state index contributed by atoms with van der Waals surface area (Å²) in [6.45, 7) is 9.02. The molecule has 3 aliphatic rings. The van der Waals surface area contributed by atoms with E-state index in [1.807, 2.05) is 32.9 Å². The number of ether oxygens (including phenoxy) is 1. The molecule has 198 valence electrons. The highest BCUT2D eigenvalue weighted by Crippen LogP contribution is 2.28. The van der Waals surface area contributed by atoms with Crippen LogP contribution < -0.4 is 16.0 Å². The largest absolute Gasteiger partial charge is 0.444 e. The van der Waals surface area contributed by atoms with Crippen molar-refractivity contribution in [3.05, 3.63) is 29.8 Å². The van der Waals surface area contributed by atoms with Crippen LogP contribution in [0.1, 0.15) is 83.6 Å². The van der Waals surface area contributed by atoms with Crippen LogP contribution in [0.15, 0.2) is 24.3 Å². The summed E-state index contributed by atoms with van der Waals surface area (Å²) >= 11 is 0. The molecule has 1 atom stereocenters. The highest BCUT2D eigenvalue weighted by Gasteiger charge is 2.29. The predicted octanol–water partition coefficient (Wildman–Crippen LogP) is 4.17. The molecule has 2 saturated heterocycles. The molecule has 0 spiro atoms. The molecule has 0 radical (unpaired) electrons. The van der Waals surface area contributed by atoms with Gasteiger partial charge in [0, 0.05) is 43.8 Å². The quantitative estimate of drug-likeness (QED) is 0.509. The maximum Gasteiger partial charge on any atom is 0.407 e. The van der Waals surface area contributed by atoms with E-state index >= 15 is 0 Å². The fourth-order valence-electron chi connectivity index (χ4n) is 5.65. The van der Waals surface area contributed by atoms with Gasteiger partial charge in [0.2, 0.25) is 11.8 Å². The fraction of sp³-hybridized carbons (Fsp3) is 0.679. The van der Waals surface area contributed by atoms with E-state index in [0.29, 0.717) is 24.8 Å². The Morgan fingerprint density at radius 2 is 1.64 bits per heavy atom. The van der Waals surface area contributed by atoms with Gasteiger partial charge < -0.3 is 20.3 Å². The van der Waals surface area contributed by atoms with E-state index in [-0.39, 0.29) is 29.9 Å². The van der Waals surface area contributed by atoms with Gasteiger partial charge in [0.1, 0.15) is 5.60 Å². The van der Waals surface area contributed by atoms with Crippen LogP contribution in [0.3, 0.4) is 0 Å². The number of nitrogens with one attached hydrogen (secondary N) is 3. The number of hydrogen-bond donors (Lipinski definition) is 3. The van der Waals surface area contributed by atoms with Gasteiger partial charge in [-0.3, -0.25) is 14.9 Å². The highest BCUT2D eigenvalue weighted by molar-refractivity contribution is 6.00. The Bertz CT molecular complexity index is 910. The van der Waals surface area contributed by atoms with Gasteiger partial charge in [-0.25, -0.2) is 4.79 Å². The van der Waals surface area contributed by atoms with Gasteiger partial charge in [-0.15, -0.1) is 0 Å². The summed E-state index contributed by atoms with van der Waals surface area (Å²) in [6.07, 6.45) is 7.27. The van der Waals surface area contributed by atoms with Crippen molar-refractivity contribution in [3.8, 4) is 0 Å². The third kappa shape index (κ3) is 7.69. The number of hydrogen-bond acceptors (Lipinski definition) is 6. The Hall–Kier alpha value is -2.61. The number of anilines is 1. The zero-order valence-corrected chi connectivity index (χ0v) is 22.0. The van der Waals surface area contributed by atoms with Gasteiger partial charge in [0.25, 0.3) is 0 Å². The molecule has 1 aromatic carbocycles. The van der Waals surface area contributed by atoms with Gasteiger partial charge in [-0.2, -0.15) is 0 Å². The van der Waals surface area contributed by atoms with E-state index in [2.05, 4.69) is 33.0 Å². The Kier molecular flexibility index (Phi) is 8.54. The van der Waals surface area contributed by atoms with Crippen LogP contribution in [0.5, 0.6) is 0 Å². The van der Waals surface area contributed by atoms with Crippen molar-refractivity contribution < 1.29 is 19.1 Å². The van der Waals surface area contributed by atoms with E-state index < -0.39 is 5.60 Å². The van der Waals surface area contributed by atoms with Crippen LogP contribution in [-0.4, -0.2) is 60.1 Å². The average molecular weight is 499 g/mol. The zero-order valence-electron chi connectivity index (χ0n) is 22.0. The van der Waals surface area contributed by atoms with Gasteiger partial charge >= 0.3 is 6.09 Å². The van der Waals surface area contributed by atoms with Crippen LogP contribution in [0.2, 0.25) is 0 Å². The normalized spacial score (nSPS) is 26.2. The summed E-state index contributed by atoms with van der Waals surface area (Å²) in [5.74, 6) is 0.102. The number of likely N-dealkylation sites (tertiary alicyclic amines) is 1. The van der Waals surface area contributed by atoms with E-state index in [1.165, 1.54) is 0 Å². The lowest BCUT2D eigenvalue weighted by Gasteiger charge is -2.37. The fourth-order valence-corrected chi connectivity index (χ4v) is 5.65. The summed E-state index contributed by atoms with van der Waals surface area (Å²) in [7, 11) is 0. The minimum atomic E-state index is -0.457. The lowest BCUT2D eigenvalue weighted by molar-refractivity contribution is -0.134. The van der Waals surface area contributed by atoms with Crippen molar-refractivity contribution in [3.63, 3.8) is 0 Å². The summed E-state index contributed by atoms with van der Waals surface area (Å²) in [6, 6.07) is 8.80. The molecular formula is C28H42N4O4. The standard InChI is InChI=1S/C28H42N4O4/c1-28(2,3)36-27(35)30-22-8-4-19(5-9-22)18-32-16-14-23(15-17-32)29-21-10-6-20(7-11-21)24-12-13-25(33)31-26(24)34/h6-7,10-11,19,22-24,29H,4-5,8-9,12-18H2,1-3H3,(H,30,35)(H,31,33,34). The molecule has 8 nitrogen and oxygen atoms in total. The number of amides is 3. The number of imide groups is 1. The summed E-state index contributed by atoms with van der Waals surface area (Å²) in [4.78, 5) is 38.1. The second-order valence-corrected chi connectivity index (χ2v) is 11.7. The smallest absolute Gasteiger partial charge is 0.407 e. The second kappa shape index (κ2) is 11.6. The van der Waals surface area contributed by atoms with Gasteiger partial charge in [-0.05, 0) is 89.3 Å². The molecule has 36 heavy (non-hydrogen) atoms. The van der Waals surface area contributed by atoms with Crippen LogP contribution in [-0.2, 0) is 14.3 Å². The zero-order chi connectivity index (χ0) is 25.7. The van der Waals surface area contributed by atoms with Crippen LogP contribution in [0.25, 0.3) is 0 Å². The van der Waals surface area contributed by atoms with E-state index in [9.17, 15) is 14.4 Å². The molecule has 2 heterocycles. The molecule has 3 fully saturated rings. The van der Waals surface area contributed by atoms with E-state index in [1.54, 1.807) is 0 Å². The van der Waals surface area contributed by atoms with Gasteiger partial charge in [-0.1, -0.05) is 12.1 Å². The predicted molar refractivity (Wildman–Crippen MR) is 140 cm³/mol.